The molecule has 2 aromatic carbocycles. The highest BCUT2D eigenvalue weighted by Gasteiger charge is 2.29. The number of nitrogens with one attached hydrogen (secondary N) is 1. The van der Waals surface area contributed by atoms with Crippen molar-refractivity contribution < 1.29 is 9.59 Å². The molecule has 6 heteroatoms. The van der Waals surface area contributed by atoms with Crippen LogP contribution in [0, 0.1) is 0 Å². The van der Waals surface area contributed by atoms with Gasteiger partial charge in [0.15, 0.2) is 5.78 Å². The van der Waals surface area contributed by atoms with Gasteiger partial charge < -0.3 is 5.32 Å². The van der Waals surface area contributed by atoms with Crippen LogP contribution in [0.4, 0.5) is 5.69 Å². The highest BCUT2D eigenvalue weighted by Crippen LogP contribution is 2.44. The number of hydrogen-bond acceptors (Lipinski definition) is 4. The number of nitrogens with zero attached hydrogens (tertiary/aromatic N) is 1. The number of carbonyl (C=O) groups excluding carboxylic acids is 2. The largest absolute Gasteiger partial charge is 0.324 e. The number of pyridine rings is 1. The van der Waals surface area contributed by atoms with Crippen LogP contribution in [0.15, 0.2) is 60.7 Å². The van der Waals surface area contributed by atoms with Crippen molar-refractivity contribution in [2.24, 2.45) is 0 Å². The number of Topliss-reactive ketones (excluding diaryl/α,β-unsaturated/α-hetero) is 1. The summed E-state index contributed by atoms with van der Waals surface area (Å²) in [6.45, 7) is 0. The zero-order valence-electron chi connectivity index (χ0n) is 14.5. The summed E-state index contributed by atoms with van der Waals surface area (Å²) in [5, 5.41) is 4.32. The Hall–Kier alpha value is -3.02. The minimum absolute atomic E-state index is 0.123. The van der Waals surface area contributed by atoms with E-state index in [1.807, 2.05) is 60.7 Å². The Morgan fingerprint density at radius 1 is 0.964 bits per heavy atom. The molecule has 136 valence electrons. The molecule has 4 aromatic rings. The van der Waals surface area contributed by atoms with Crippen molar-refractivity contribution in [2.75, 3.05) is 5.32 Å². The number of hydrogen-bond donors (Lipinski definition) is 1. The van der Waals surface area contributed by atoms with Gasteiger partial charge in [0.05, 0.1) is 22.7 Å². The minimum atomic E-state index is -0.286. The van der Waals surface area contributed by atoms with Gasteiger partial charge in [-0.3, -0.25) is 9.59 Å². The Bertz CT molecular complexity index is 1250. The molecule has 0 unspecified atom stereocenters. The summed E-state index contributed by atoms with van der Waals surface area (Å²) < 4.78 is 0. The maximum atomic E-state index is 12.4. The predicted octanol–water partition coefficient (Wildman–Crippen LogP) is 5.81. The highest BCUT2D eigenvalue weighted by molar-refractivity contribution is 7.21. The normalized spacial score (nSPS) is 13.5. The van der Waals surface area contributed by atoms with Gasteiger partial charge in [-0.2, -0.15) is 0 Å². The Balaban J connectivity index is 1.84. The lowest BCUT2D eigenvalue weighted by Crippen LogP contribution is -2.22. The Morgan fingerprint density at radius 3 is 2.46 bits per heavy atom. The van der Waals surface area contributed by atoms with E-state index in [0.717, 1.165) is 32.6 Å². The summed E-state index contributed by atoms with van der Waals surface area (Å²) in [5.74, 6) is -0.448. The second-order valence-electron chi connectivity index (χ2n) is 6.56. The highest BCUT2D eigenvalue weighted by atomic mass is 35.5. The molecule has 1 aliphatic rings. The standard InChI is InChI=1S/C22H13ClN2O2S/c23-14-8-6-12(7-9-14)15-10-16(13-4-2-1-3-5-13)24-22-19(15)20-21(28-22)17(26)11-18(27)25-20/h1-10H,11H2,(H,25,27). The van der Waals surface area contributed by atoms with E-state index in [-0.39, 0.29) is 18.1 Å². The fourth-order valence-electron chi connectivity index (χ4n) is 3.44. The Morgan fingerprint density at radius 2 is 1.71 bits per heavy atom. The molecule has 0 spiro atoms. The third-order valence-corrected chi connectivity index (χ3v) is 6.10. The molecule has 0 aliphatic carbocycles. The summed E-state index contributed by atoms with van der Waals surface area (Å²) in [7, 11) is 0. The molecule has 1 aliphatic heterocycles. The van der Waals surface area contributed by atoms with Crippen molar-refractivity contribution in [1.29, 1.82) is 0 Å². The molecule has 0 atom stereocenters. The number of thiophene rings is 1. The first-order chi connectivity index (χ1) is 13.6. The number of carbonyl (C=O) groups is 2. The monoisotopic (exact) mass is 404 g/mol. The van der Waals surface area contributed by atoms with Crippen molar-refractivity contribution in [3.8, 4) is 22.4 Å². The van der Waals surface area contributed by atoms with Gasteiger partial charge in [0.25, 0.3) is 0 Å². The van der Waals surface area contributed by atoms with E-state index in [9.17, 15) is 9.59 Å². The van der Waals surface area contributed by atoms with Gasteiger partial charge in [0.1, 0.15) is 4.83 Å². The fourth-order valence-corrected chi connectivity index (χ4v) is 4.66. The molecule has 1 N–H and O–H groups in total. The van der Waals surface area contributed by atoms with E-state index in [4.69, 9.17) is 16.6 Å². The molecule has 0 bridgehead atoms. The molecule has 1 amide bonds. The summed E-state index contributed by atoms with van der Waals surface area (Å²) in [4.78, 5) is 30.5. The average Bonchev–Trinajstić information content (AvgIpc) is 3.07. The van der Waals surface area contributed by atoms with Crippen molar-refractivity contribution in [1.82, 2.24) is 4.98 Å². The van der Waals surface area contributed by atoms with Crippen LogP contribution < -0.4 is 5.32 Å². The van der Waals surface area contributed by atoms with Crippen LogP contribution in [0.1, 0.15) is 16.1 Å². The van der Waals surface area contributed by atoms with Crippen LogP contribution in [-0.2, 0) is 4.79 Å². The van der Waals surface area contributed by atoms with Crippen molar-refractivity contribution in [2.45, 2.75) is 6.42 Å². The topological polar surface area (TPSA) is 59.1 Å². The third-order valence-electron chi connectivity index (χ3n) is 4.73. The number of aromatic nitrogens is 1. The van der Waals surface area contributed by atoms with E-state index in [2.05, 4.69) is 5.32 Å². The summed E-state index contributed by atoms with van der Waals surface area (Å²) in [6.07, 6.45) is -0.123. The van der Waals surface area contributed by atoms with Crippen molar-refractivity contribution in [3.05, 3.63) is 70.6 Å². The molecule has 2 aromatic heterocycles. The molecule has 5 rings (SSSR count). The number of halogens is 1. The van der Waals surface area contributed by atoms with Crippen LogP contribution in [0.3, 0.4) is 0 Å². The Labute approximate surface area is 169 Å². The van der Waals surface area contributed by atoms with E-state index in [0.29, 0.717) is 15.6 Å². The number of fused-ring (bicyclic) bond motifs is 3. The molecular formula is C22H13ClN2O2S. The Kier molecular flexibility index (Phi) is 4.00. The van der Waals surface area contributed by atoms with Gasteiger partial charge in [-0.1, -0.05) is 54.1 Å². The van der Waals surface area contributed by atoms with Crippen LogP contribution in [0.2, 0.25) is 5.02 Å². The van der Waals surface area contributed by atoms with Gasteiger partial charge in [-0.15, -0.1) is 11.3 Å². The summed E-state index contributed by atoms with van der Waals surface area (Å²) in [5.41, 5.74) is 4.23. The molecule has 0 fully saturated rings. The number of benzene rings is 2. The van der Waals surface area contributed by atoms with E-state index in [1.54, 1.807) is 0 Å². The van der Waals surface area contributed by atoms with Crippen molar-refractivity contribution >= 4 is 50.5 Å². The molecule has 0 saturated carbocycles. The molecule has 3 heterocycles. The van der Waals surface area contributed by atoms with E-state index < -0.39 is 0 Å². The SMILES string of the molecule is O=C1CC(=O)c2sc3nc(-c4ccccc4)cc(-c4ccc(Cl)cc4)c3c2N1. The lowest BCUT2D eigenvalue weighted by Gasteiger charge is -2.14. The van der Waals surface area contributed by atoms with Gasteiger partial charge in [-0.25, -0.2) is 4.98 Å². The summed E-state index contributed by atoms with van der Waals surface area (Å²) >= 11 is 7.39. The third kappa shape index (κ3) is 2.80. The summed E-state index contributed by atoms with van der Waals surface area (Å²) in [6, 6.07) is 19.4. The molecule has 4 nitrogen and oxygen atoms in total. The average molecular weight is 405 g/mol. The zero-order valence-corrected chi connectivity index (χ0v) is 16.1. The minimum Gasteiger partial charge on any atom is -0.324 e. The lowest BCUT2D eigenvalue weighted by atomic mass is 9.98. The van der Waals surface area contributed by atoms with E-state index in [1.165, 1.54) is 11.3 Å². The van der Waals surface area contributed by atoms with Gasteiger partial charge >= 0.3 is 0 Å². The number of rotatable bonds is 2. The van der Waals surface area contributed by atoms with E-state index >= 15 is 0 Å². The predicted molar refractivity (Wildman–Crippen MR) is 113 cm³/mol. The van der Waals surface area contributed by atoms with Crippen LogP contribution in [-0.4, -0.2) is 16.7 Å². The number of anilines is 1. The maximum absolute atomic E-state index is 12.4. The molecule has 28 heavy (non-hydrogen) atoms. The maximum Gasteiger partial charge on any atom is 0.232 e. The second kappa shape index (κ2) is 6.55. The fraction of sp³-hybridized carbons (Fsp3) is 0.0455. The molecule has 0 saturated heterocycles. The van der Waals surface area contributed by atoms with Crippen LogP contribution in [0.5, 0.6) is 0 Å². The van der Waals surface area contributed by atoms with Gasteiger partial charge in [-0.05, 0) is 29.3 Å². The quantitative estimate of drug-likeness (QED) is 0.429. The van der Waals surface area contributed by atoms with Gasteiger partial charge in [0.2, 0.25) is 5.91 Å². The first-order valence-corrected chi connectivity index (χ1v) is 9.91. The first-order valence-electron chi connectivity index (χ1n) is 8.72. The van der Waals surface area contributed by atoms with Crippen LogP contribution >= 0.6 is 22.9 Å². The van der Waals surface area contributed by atoms with Gasteiger partial charge in [0, 0.05) is 16.0 Å². The second-order valence-corrected chi connectivity index (χ2v) is 8.00. The first kappa shape index (κ1) is 17.1. The number of ketones is 1. The molecular weight excluding hydrogens is 392 g/mol. The number of amides is 1. The lowest BCUT2D eigenvalue weighted by molar-refractivity contribution is -0.115. The smallest absolute Gasteiger partial charge is 0.232 e. The van der Waals surface area contributed by atoms with Crippen LogP contribution in [0.25, 0.3) is 32.6 Å². The van der Waals surface area contributed by atoms with Crippen molar-refractivity contribution in [3.63, 3.8) is 0 Å². The molecule has 0 radical (unpaired) electrons. The zero-order chi connectivity index (χ0) is 19.3.